The van der Waals surface area contributed by atoms with Gasteiger partial charge < -0.3 is 10.3 Å². The molecule has 0 atom stereocenters. The predicted octanol–water partition coefficient (Wildman–Crippen LogP) is 2.41. The van der Waals surface area contributed by atoms with Gasteiger partial charge in [-0.25, -0.2) is 0 Å². The van der Waals surface area contributed by atoms with Crippen molar-refractivity contribution in [3.05, 3.63) is 46.2 Å². The number of nitrogens with one attached hydrogen (secondary N) is 2. The van der Waals surface area contributed by atoms with Crippen LogP contribution in [0, 0.1) is 11.3 Å². The summed E-state index contributed by atoms with van der Waals surface area (Å²) in [4.78, 5) is 27.2. The molecule has 1 amide bonds. The maximum absolute atomic E-state index is 12.3. The van der Waals surface area contributed by atoms with Gasteiger partial charge in [-0.1, -0.05) is 37.5 Å². The lowest BCUT2D eigenvalue weighted by molar-refractivity contribution is -0.122. The zero-order valence-corrected chi connectivity index (χ0v) is 12.9. The van der Waals surface area contributed by atoms with E-state index in [1.807, 2.05) is 24.3 Å². The highest BCUT2D eigenvalue weighted by atomic mass is 16.2. The molecule has 0 aliphatic heterocycles. The predicted molar refractivity (Wildman–Crippen MR) is 87.8 cm³/mol. The Balaban J connectivity index is 1.79. The fraction of sp³-hybridized carbons (Fsp3) is 0.389. The summed E-state index contributed by atoms with van der Waals surface area (Å²) in [6, 6.07) is 11.5. The quantitative estimate of drug-likeness (QED) is 0.913. The molecule has 0 saturated heterocycles. The maximum atomic E-state index is 12.3. The monoisotopic (exact) mass is 309 g/mol. The van der Waals surface area contributed by atoms with Crippen LogP contribution in [0.3, 0.4) is 0 Å². The normalized spacial score (nSPS) is 16.7. The third-order valence-electron chi connectivity index (χ3n) is 4.48. The summed E-state index contributed by atoms with van der Waals surface area (Å²) < 4.78 is 0. The van der Waals surface area contributed by atoms with Crippen LogP contribution in [-0.2, 0) is 11.2 Å². The number of nitriles is 1. The van der Waals surface area contributed by atoms with Crippen LogP contribution in [0.4, 0.5) is 0 Å². The molecule has 5 heteroatoms. The first-order valence-corrected chi connectivity index (χ1v) is 7.95. The number of hydrogen-bond acceptors (Lipinski definition) is 3. The summed E-state index contributed by atoms with van der Waals surface area (Å²) in [5, 5.41) is 13.2. The first-order chi connectivity index (χ1) is 11.1. The Kier molecular flexibility index (Phi) is 4.16. The largest absolute Gasteiger partial charge is 0.338 e. The average Bonchev–Trinajstić information content (AvgIpc) is 2.56. The van der Waals surface area contributed by atoms with Crippen molar-refractivity contribution >= 4 is 16.8 Å². The minimum atomic E-state index is -0.765. The highest BCUT2D eigenvalue weighted by Crippen LogP contribution is 2.27. The van der Waals surface area contributed by atoms with Crippen molar-refractivity contribution in [3.63, 3.8) is 0 Å². The van der Waals surface area contributed by atoms with Crippen molar-refractivity contribution in [3.8, 4) is 6.07 Å². The number of pyridine rings is 1. The van der Waals surface area contributed by atoms with Crippen LogP contribution < -0.4 is 10.9 Å². The molecular formula is C18H19N3O2. The summed E-state index contributed by atoms with van der Waals surface area (Å²) >= 11 is 0. The van der Waals surface area contributed by atoms with Gasteiger partial charge in [0.25, 0.3) is 5.56 Å². The molecule has 23 heavy (non-hydrogen) atoms. The Hall–Kier alpha value is -2.61. The Morgan fingerprint density at radius 1 is 1.26 bits per heavy atom. The van der Waals surface area contributed by atoms with Gasteiger partial charge in [0, 0.05) is 11.1 Å². The second kappa shape index (κ2) is 6.25. The molecule has 1 aromatic heterocycles. The number of para-hydroxylation sites is 1. The second-order valence-electron chi connectivity index (χ2n) is 6.19. The van der Waals surface area contributed by atoms with Gasteiger partial charge in [0.1, 0.15) is 5.54 Å². The van der Waals surface area contributed by atoms with E-state index in [2.05, 4.69) is 16.4 Å². The number of aromatic amines is 1. The number of nitrogens with zero attached hydrogens (tertiary/aromatic N) is 1. The van der Waals surface area contributed by atoms with Crippen LogP contribution >= 0.6 is 0 Å². The van der Waals surface area contributed by atoms with Crippen LogP contribution in [0.1, 0.15) is 37.7 Å². The molecule has 3 rings (SSSR count). The van der Waals surface area contributed by atoms with E-state index < -0.39 is 5.54 Å². The molecule has 1 aliphatic rings. The zero-order valence-electron chi connectivity index (χ0n) is 12.9. The van der Waals surface area contributed by atoms with E-state index in [-0.39, 0.29) is 17.9 Å². The van der Waals surface area contributed by atoms with Gasteiger partial charge >= 0.3 is 0 Å². The maximum Gasteiger partial charge on any atom is 0.252 e. The highest BCUT2D eigenvalue weighted by molar-refractivity contribution is 5.83. The molecule has 118 valence electrons. The van der Waals surface area contributed by atoms with Gasteiger partial charge in [0.2, 0.25) is 5.91 Å². The van der Waals surface area contributed by atoms with Crippen LogP contribution in [0.25, 0.3) is 10.9 Å². The van der Waals surface area contributed by atoms with Crippen molar-refractivity contribution < 1.29 is 4.79 Å². The molecule has 5 nitrogen and oxygen atoms in total. The molecule has 0 unspecified atom stereocenters. The summed E-state index contributed by atoms with van der Waals surface area (Å²) in [5.74, 6) is -0.269. The Bertz CT molecular complexity index is 826. The van der Waals surface area contributed by atoms with Crippen LogP contribution in [0.5, 0.6) is 0 Å². The number of benzene rings is 1. The van der Waals surface area contributed by atoms with Crippen LogP contribution in [-0.4, -0.2) is 16.4 Å². The number of carbonyl (C=O) groups is 1. The van der Waals surface area contributed by atoms with Gasteiger partial charge in [-0.2, -0.15) is 5.26 Å². The first-order valence-electron chi connectivity index (χ1n) is 7.95. The van der Waals surface area contributed by atoms with Gasteiger partial charge in [0.15, 0.2) is 0 Å². The van der Waals surface area contributed by atoms with E-state index in [4.69, 9.17) is 0 Å². The minimum absolute atomic E-state index is 0.0103. The molecule has 2 aromatic rings. The van der Waals surface area contributed by atoms with Crippen LogP contribution in [0.15, 0.2) is 35.1 Å². The molecule has 2 N–H and O–H groups in total. The lowest BCUT2D eigenvalue weighted by Gasteiger charge is -2.31. The van der Waals surface area contributed by atoms with Crippen molar-refractivity contribution in [2.24, 2.45) is 0 Å². The zero-order chi connectivity index (χ0) is 16.3. The summed E-state index contributed by atoms with van der Waals surface area (Å²) in [7, 11) is 0. The lowest BCUT2D eigenvalue weighted by Crippen LogP contribution is -2.49. The van der Waals surface area contributed by atoms with Crippen molar-refractivity contribution in [2.45, 2.75) is 44.1 Å². The highest BCUT2D eigenvalue weighted by Gasteiger charge is 2.33. The first kappa shape index (κ1) is 15.3. The number of H-pyrrole nitrogens is 1. The molecule has 1 saturated carbocycles. The van der Waals surface area contributed by atoms with E-state index in [0.717, 1.165) is 30.2 Å². The molecule has 1 aromatic carbocycles. The van der Waals surface area contributed by atoms with Gasteiger partial charge in [-0.15, -0.1) is 0 Å². The smallest absolute Gasteiger partial charge is 0.252 e. The Morgan fingerprint density at radius 2 is 2.00 bits per heavy atom. The Morgan fingerprint density at radius 3 is 2.74 bits per heavy atom. The fourth-order valence-corrected chi connectivity index (χ4v) is 3.23. The number of aromatic nitrogens is 1. The molecule has 0 radical (unpaired) electrons. The number of hydrogen-bond donors (Lipinski definition) is 2. The molecule has 0 bridgehead atoms. The second-order valence-corrected chi connectivity index (χ2v) is 6.19. The number of carbonyl (C=O) groups excluding carboxylic acids is 1. The van der Waals surface area contributed by atoms with Crippen molar-refractivity contribution in [2.75, 3.05) is 0 Å². The topological polar surface area (TPSA) is 85.8 Å². The van der Waals surface area contributed by atoms with Crippen molar-refractivity contribution in [1.82, 2.24) is 10.3 Å². The van der Waals surface area contributed by atoms with E-state index in [1.165, 1.54) is 0 Å². The number of amides is 1. The van der Waals surface area contributed by atoms with E-state index in [1.54, 1.807) is 6.07 Å². The molecule has 1 heterocycles. The summed E-state index contributed by atoms with van der Waals surface area (Å²) in [6.07, 6.45) is 4.36. The Labute approximate surface area is 134 Å². The van der Waals surface area contributed by atoms with E-state index in [9.17, 15) is 14.9 Å². The fourth-order valence-electron chi connectivity index (χ4n) is 3.23. The van der Waals surface area contributed by atoms with Gasteiger partial charge in [-0.3, -0.25) is 9.59 Å². The molecule has 0 spiro atoms. The third-order valence-corrected chi connectivity index (χ3v) is 4.48. The van der Waals surface area contributed by atoms with E-state index >= 15 is 0 Å². The third kappa shape index (κ3) is 3.26. The van der Waals surface area contributed by atoms with Gasteiger partial charge in [0.05, 0.1) is 12.5 Å². The molecular weight excluding hydrogens is 290 g/mol. The molecule has 1 aliphatic carbocycles. The average molecular weight is 309 g/mol. The minimum Gasteiger partial charge on any atom is -0.338 e. The van der Waals surface area contributed by atoms with Crippen molar-refractivity contribution in [1.29, 1.82) is 5.26 Å². The SMILES string of the molecule is N#CC1(NC(=O)Cc2cc3ccccc3[nH]c2=O)CCCCC1. The molecule has 1 fully saturated rings. The summed E-state index contributed by atoms with van der Waals surface area (Å²) in [5.41, 5.74) is 0.153. The van der Waals surface area contributed by atoms with Gasteiger partial charge in [-0.05, 0) is 30.4 Å². The standard InChI is InChI=1S/C18H19N3O2/c19-12-18(8-4-1-5-9-18)21-16(22)11-14-10-13-6-2-3-7-15(13)20-17(14)23/h2-3,6-7,10H,1,4-5,8-9,11H2,(H,20,23)(H,21,22). The van der Waals surface area contributed by atoms with E-state index in [0.29, 0.717) is 18.4 Å². The van der Waals surface area contributed by atoms with Crippen LogP contribution in [0.2, 0.25) is 0 Å². The summed E-state index contributed by atoms with van der Waals surface area (Å²) in [6.45, 7) is 0. The number of fused-ring (bicyclic) bond motifs is 1. The lowest BCUT2D eigenvalue weighted by atomic mass is 9.82. The number of rotatable bonds is 3.